The Morgan fingerprint density at radius 2 is 1.48 bits per heavy atom. The molecule has 0 aliphatic heterocycles. The molecule has 0 saturated heterocycles. The van der Waals surface area contributed by atoms with Crippen LogP contribution in [0.1, 0.15) is 0 Å². The van der Waals surface area contributed by atoms with E-state index in [9.17, 15) is 14.4 Å². The van der Waals surface area contributed by atoms with Crippen LogP contribution in [0, 0.1) is 5.92 Å². The number of hydrogen-bond donors (Lipinski definition) is 0. The van der Waals surface area contributed by atoms with Gasteiger partial charge in [0.15, 0.2) is 0 Å². The predicted molar refractivity (Wildman–Crippen MR) is 78.7 cm³/mol. The van der Waals surface area contributed by atoms with Gasteiger partial charge in [0.1, 0.15) is 0 Å². The average Bonchev–Trinajstić information content (AvgIpc) is 2.49. The molecule has 0 fully saturated rings. The Hall–Kier alpha value is -2.81. The molecular weight excluding hydrogens is 264 g/mol. The van der Waals surface area contributed by atoms with E-state index in [1.807, 2.05) is 42.5 Å². The minimum absolute atomic E-state index is 0.604. The highest BCUT2D eigenvalue weighted by Crippen LogP contribution is 2.23. The normalized spacial score (nSPS) is 20.3. The molecule has 0 spiro atoms. The number of rotatable bonds is 0. The summed E-state index contributed by atoms with van der Waals surface area (Å²) < 4.78 is 0. The number of carbonyl (C=O) groups is 3. The Morgan fingerprint density at radius 1 is 0.810 bits per heavy atom. The lowest BCUT2D eigenvalue weighted by Gasteiger charge is -2.19. The van der Waals surface area contributed by atoms with Crippen LogP contribution in [0.25, 0.3) is 22.9 Å². The van der Waals surface area contributed by atoms with Crippen molar-refractivity contribution >= 4 is 40.3 Å². The smallest absolute Gasteiger partial charge is 0.269 e. The number of fused-ring (bicyclic) bond motifs is 3. The van der Waals surface area contributed by atoms with Crippen LogP contribution < -0.4 is 10.4 Å². The number of hydrogen-bond acceptors (Lipinski definition) is 3. The number of Topliss-reactive ketones (excluding diaryl/α,β-unsaturated/α-hetero) is 2. The zero-order chi connectivity index (χ0) is 14.6. The third-order valence-corrected chi connectivity index (χ3v) is 4.01. The van der Waals surface area contributed by atoms with E-state index in [-0.39, 0.29) is 0 Å². The minimum Gasteiger partial charge on any atom is -0.289 e. The SMILES string of the molecule is O=C1C=C2C=c3cc4ccccc4cc3=CC2C(=O)C1=O. The molecule has 0 heterocycles. The van der Waals surface area contributed by atoms with E-state index in [1.54, 1.807) is 6.08 Å². The summed E-state index contributed by atoms with van der Waals surface area (Å²) in [5.41, 5.74) is 0.604. The molecule has 1 atom stereocenters. The van der Waals surface area contributed by atoms with Crippen LogP contribution in [0.5, 0.6) is 0 Å². The molecule has 3 heteroatoms. The van der Waals surface area contributed by atoms with Gasteiger partial charge in [-0.05, 0) is 51.1 Å². The third kappa shape index (κ3) is 1.71. The molecule has 100 valence electrons. The standard InChI is InChI=1S/C18H10O3/c19-16-9-14-7-12-5-10-3-1-2-4-11(10)6-13(12)8-15(14)17(20)18(16)21/h1-9,15H. The van der Waals surface area contributed by atoms with Crippen molar-refractivity contribution in [1.82, 2.24) is 0 Å². The van der Waals surface area contributed by atoms with E-state index in [0.717, 1.165) is 21.2 Å². The molecule has 2 aliphatic rings. The fourth-order valence-electron chi connectivity index (χ4n) is 2.93. The van der Waals surface area contributed by atoms with Crippen LogP contribution >= 0.6 is 0 Å². The van der Waals surface area contributed by atoms with Gasteiger partial charge in [-0.1, -0.05) is 30.3 Å². The van der Waals surface area contributed by atoms with Crippen LogP contribution in [0.15, 0.2) is 48.0 Å². The molecule has 2 aromatic rings. The second-order valence-corrected chi connectivity index (χ2v) is 5.32. The lowest BCUT2D eigenvalue weighted by molar-refractivity contribution is -0.143. The summed E-state index contributed by atoms with van der Waals surface area (Å²) in [6.45, 7) is 0. The van der Waals surface area contributed by atoms with Gasteiger partial charge >= 0.3 is 0 Å². The van der Waals surface area contributed by atoms with Crippen LogP contribution in [0.3, 0.4) is 0 Å². The topological polar surface area (TPSA) is 51.2 Å². The van der Waals surface area contributed by atoms with Gasteiger partial charge < -0.3 is 0 Å². The van der Waals surface area contributed by atoms with Gasteiger partial charge in [0.25, 0.3) is 5.78 Å². The Bertz CT molecular complexity index is 993. The van der Waals surface area contributed by atoms with Gasteiger partial charge in [-0.3, -0.25) is 14.4 Å². The second kappa shape index (κ2) is 4.09. The number of allylic oxidation sites excluding steroid dienone is 2. The highest BCUT2D eigenvalue weighted by atomic mass is 16.2. The molecule has 0 aromatic heterocycles. The van der Waals surface area contributed by atoms with Crippen molar-refractivity contribution in [3.05, 3.63) is 58.5 Å². The molecule has 3 nitrogen and oxygen atoms in total. The summed E-state index contributed by atoms with van der Waals surface area (Å²) in [5.74, 6) is -2.89. The Morgan fingerprint density at radius 3 is 2.19 bits per heavy atom. The second-order valence-electron chi connectivity index (χ2n) is 5.32. The lowest BCUT2D eigenvalue weighted by atomic mass is 9.81. The molecule has 2 aliphatic carbocycles. The first-order valence-electron chi connectivity index (χ1n) is 6.70. The molecule has 0 radical (unpaired) electrons. The first kappa shape index (κ1) is 12.0. The quantitative estimate of drug-likeness (QED) is 0.664. The number of carbonyl (C=O) groups excluding carboxylic acids is 3. The molecule has 0 saturated carbocycles. The lowest BCUT2D eigenvalue weighted by Crippen LogP contribution is -2.39. The summed E-state index contributed by atoms with van der Waals surface area (Å²) in [6.07, 6.45) is 4.89. The summed E-state index contributed by atoms with van der Waals surface area (Å²) in [7, 11) is 0. The van der Waals surface area contributed by atoms with Crippen molar-refractivity contribution in [3.63, 3.8) is 0 Å². The largest absolute Gasteiger partial charge is 0.289 e. The number of ketones is 3. The minimum atomic E-state index is -0.919. The maximum Gasteiger partial charge on any atom is 0.269 e. The number of benzene rings is 2. The molecule has 21 heavy (non-hydrogen) atoms. The van der Waals surface area contributed by atoms with Crippen molar-refractivity contribution in [3.8, 4) is 0 Å². The van der Waals surface area contributed by atoms with E-state index < -0.39 is 23.3 Å². The van der Waals surface area contributed by atoms with Crippen molar-refractivity contribution in [2.75, 3.05) is 0 Å². The van der Waals surface area contributed by atoms with Crippen LogP contribution in [-0.4, -0.2) is 17.3 Å². The van der Waals surface area contributed by atoms with E-state index in [4.69, 9.17) is 0 Å². The van der Waals surface area contributed by atoms with E-state index in [0.29, 0.717) is 5.57 Å². The zero-order valence-corrected chi connectivity index (χ0v) is 11.0. The summed E-state index contributed by atoms with van der Waals surface area (Å²) in [4.78, 5) is 35.0. The molecule has 0 bridgehead atoms. The van der Waals surface area contributed by atoms with Gasteiger partial charge in [-0.15, -0.1) is 0 Å². The molecule has 2 aromatic carbocycles. The monoisotopic (exact) mass is 274 g/mol. The van der Waals surface area contributed by atoms with Crippen molar-refractivity contribution in [2.45, 2.75) is 0 Å². The van der Waals surface area contributed by atoms with Gasteiger partial charge in [-0.2, -0.15) is 0 Å². The first-order valence-corrected chi connectivity index (χ1v) is 6.70. The molecule has 0 amide bonds. The molecular formula is C18H10O3. The van der Waals surface area contributed by atoms with Gasteiger partial charge in [0.05, 0.1) is 5.92 Å². The molecule has 0 N–H and O–H groups in total. The average molecular weight is 274 g/mol. The van der Waals surface area contributed by atoms with E-state index in [1.165, 1.54) is 6.08 Å². The van der Waals surface area contributed by atoms with Crippen molar-refractivity contribution < 1.29 is 14.4 Å². The molecule has 1 unspecified atom stereocenters. The summed E-state index contributed by atoms with van der Waals surface area (Å²) >= 11 is 0. The maximum absolute atomic E-state index is 12.0. The van der Waals surface area contributed by atoms with Crippen molar-refractivity contribution in [2.24, 2.45) is 5.92 Å². The fourth-order valence-corrected chi connectivity index (χ4v) is 2.93. The Balaban J connectivity index is 2.05. The van der Waals surface area contributed by atoms with Gasteiger partial charge in [0, 0.05) is 0 Å². The first-order chi connectivity index (χ1) is 10.1. The van der Waals surface area contributed by atoms with Crippen LogP contribution in [-0.2, 0) is 14.4 Å². The highest BCUT2D eigenvalue weighted by molar-refractivity contribution is 6.68. The Kier molecular flexibility index (Phi) is 2.33. The Labute approximate surface area is 119 Å². The van der Waals surface area contributed by atoms with Crippen LogP contribution in [0.2, 0.25) is 0 Å². The van der Waals surface area contributed by atoms with Crippen molar-refractivity contribution in [1.29, 1.82) is 0 Å². The van der Waals surface area contributed by atoms with E-state index in [2.05, 4.69) is 0 Å². The van der Waals surface area contributed by atoms with Gasteiger partial charge in [0.2, 0.25) is 11.6 Å². The summed E-state index contributed by atoms with van der Waals surface area (Å²) in [5, 5.41) is 4.07. The maximum atomic E-state index is 12.0. The zero-order valence-electron chi connectivity index (χ0n) is 11.0. The fraction of sp³-hybridized carbons (Fsp3) is 0.0556. The van der Waals surface area contributed by atoms with Gasteiger partial charge in [-0.25, -0.2) is 0 Å². The predicted octanol–water partition coefficient (Wildman–Crippen LogP) is 0.678. The van der Waals surface area contributed by atoms with Crippen LogP contribution in [0.4, 0.5) is 0 Å². The molecule has 4 rings (SSSR count). The summed E-state index contributed by atoms with van der Waals surface area (Å²) in [6, 6.07) is 12.0. The van der Waals surface area contributed by atoms with E-state index >= 15 is 0 Å². The highest BCUT2D eigenvalue weighted by Gasteiger charge is 2.35. The third-order valence-electron chi connectivity index (χ3n) is 4.01.